The summed E-state index contributed by atoms with van der Waals surface area (Å²) in [6.45, 7) is 1.16. The molecule has 104 valence electrons. The topological polar surface area (TPSA) is 33.2 Å². The maximum Gasteiger partial charge on any atom is 0.176 e. The zero-order chi connectivity index (χ0) is 13.9. The van der Waals surface area contributed by atoms with Gasteiger partial charge in [-0.2, -0.15) is 0 Å². The molecule has 1 aromatic heterocycles. The molecular formula is C16H18N2OS. The van der Waals surface area contributed by atoms with Crippen molar-refractivity contribution in [2.75, 3.05) is 13.6 Å². The SMILES string of the molecule is CN(CC(=O)c1ccc2c(c1)CCC2)Cc1cscn1. The Hall–Kier alpha value is -1.52. The highest BCUT2D eigenvalue weighted by Crippen LogP contribution is 2.23. The van der Waals surface area contributed by atoms with E-state index < -0.39 is 0 Å². The van der Waals surface area contributed by atoms with Gasteiger partial charge in [0.2, 0.25) is 0 Å². The van der Waals surface area contributed by atoms with E-state index in [2.05, 4.69) is 17.1 Å². The van der Waals surface area contributed by atoms with E-state index in [9.17, 15) is 4.79 Å². The number of carbonyl (C=O) groups excluding carboxylic acids is 1. The maximum absolute atomic E-state index is 12.3. The molecule has 0 fully saturated rings. The van der Waals surface area contributed by atoms with E-state index in [1.807, 2.05) is 28.9 Å². The number of nitrogens with zero attached hydrogens (tertiary/aromatic N) is 2. The number of thiazole rings is 1. The number of rotatable bonds is 5. The van der Waals surface area contributed by atoms with Crippen molar-refractivity contribution in [1.29, 1.82) is 0 Å². The fourth-order valence-electron chi connectivity index (χ4n) is 2.73. The van der Waals surface area contributed by atoms with Gasteiger partial charge in [0.25, 0.3) is 0 Å². The Morgan fingerprint density at radius 1 is 1.35 bits per heavy atom. The quantitative estimate of drug-likeness (QED) is 0.792. The third-order valence-electron chi connectivity index (χ3n) is 3.75. The van der Waals surface area contributed by atoms with E-state index in [1.165, 1.54) is 17.5 Å². The lowest BCUT2D eigenvalue weighted by molar-refractivity contribution is 0.0942. The summed E-state index contributed by atoms with van der Waals surface area (Å²) in [5.74, 6) is 0.192. The van der Waals surface area contributed by atoms with Crippen LogP contribution in [0.25, 0.3) is 0 Å². The minimum Gasteiger partial charge on any atom is -0.293 e. The van der Waals surface area contributed by atoms with Gasteiger partial charge in [0, 0.05) is 17.5 Å². The first-order valence-electron chi connectivity index (χ1n) is 6.93. The van der Waals surface area contributed by atoms with Gasteiger partial charge in [-0.1, -0.05) is 12.1 Å². The molecule has 0 atom stereocenters. The molecule has 3 rings (SSSR count). The van der Waals surface area contributed by atoms with Crippen LogP contribution in [0.4, 0.5) is 0 Å². The molecule has 0 radical (unpaired) electrons. The number of aromatic nitrogens is 1. The maximum atomic E-state index is 12.3. The van der Waals surface area contributed by atoms with Crippen LogP contribution in [-0.2, 0) is 19.4 Å². The minimum atomic E-state index is 0.192. The molecule has 0 saturated heterocycles. The molecule has 0 N–H and O–H groups in total. The Bertz CT molecular complexity index is 607. The first-order chi connectivity index (χ1) is 9.72. The molecule has 0 aliphatic heterocycles. The van der Waals surface area contributed by atoms with Crippen LogP contribution in [0.15, 0.2) is 29.1 Å². The molecule has 0 amide bonds. The van der Waals surface area contributed by atoms with Gasteiger partial charge in [-0.05, 0) is 43.5 Å². The average Bonchev–Trinajstić information content (AvgIpc) is 3.07. The predicted molar refractivity (Wildman–Crippen MR) is 81.2 cm³/mol. The van der Waals surface area contributed by atoms with Gasteiger partial charge in [-0.25, -0.2) is 4.98 Å². The second-order valence-corrected chi connectivity index (χ2v) is 6.13. The normalized spacial score (nSPS) is 13.7. The monoisotopic (exact) mass is 286 g/mol. The lowest BCUT2D eigenvalue weighted by Crippen LogP contribution is -2.25. The Kier molecular flexibility index (Phi) is 3.94. The third kappa shape index (κ3) is 2.97. The minimum absolute atomic E-state index is 0.192. The average molecular weight is 286 g/mol. The van der Waals surface area contributed by atoms with Crippen LogP contribution in [0.2, 0.25) is 0 Å². The molecule has 0 saturated carbocycles. The highest BCUT2D eigenvalue weighted by Gasteiger charge is 2.15. The molecule has 4 heteroatoms. The molecule has 20 heavy (non-hydrogen) atoms. The summed E-state index contributed by atoms with van der Waals surface area (Å²) in [4.78, 5) is 18.6. The number of aryl methyl sites for hydroxylation is 2. The van der Waals surface area contributed by atoms with Gasteiger partial charge < -0.3 is 0 Å². The Labute approximate surface area is 123 Å². The second-order valence-electron chi connectivity index (χ2n) is 5.41. The lowest BCUT2D eigenvalue weighted by Gasteiger charge is -2.14. The fraction of sp³-hybridized carbons (Fsp3) is 0.375. The van der Waals surface area contributed by atoms with Crippen molar-refractivity contribution in [1.82, 2.24) is 9.88 Å². The van der Waals surface area contributed by atoms with Crippen LogP contribution in [0, 0.1) is 0 Å². The first kappa shape index (κ1) is 13.5. The molecule has 1 heterocycles. The van der Waals surface area contributed by atoms with Crippen molar-refractivity contribution >= 4 is 17.1 Å². The van der Waals surface area contributed by atoms with E-state index in [-0.39, 0.29) is 5.78 Å². The van der Waals surface area contributed by atoms with Crippen LogP contribution in [0.5, 0.6) is 0 Å². The van der Waals surface area contributed by atoms with Crippen LogP contribution in [0.1, 0.15) is 33.6 Å². The van der Waals surface area contributed by atoms with Crippen molar-refractivity contribution in [2.24, 2.45) is 0 Å². The summed E-state index contributed by atoms with van der Waals surface area (Å²) < 4.78 is 0. The van der Waals surface area contributed by atoms with Crippen LogP contribution < -0.4 is 0 Å². The molecular weight excluding hydrogens is 268 g/mol. The molecule has 1 aliphatic carbocycles. The van der Waals surface area contributed by atoms with Gasteiger partial charge in [0.1, 0.15) is 0 Å². The van der Waals surface area contributed by atoms with Crippen molar-refractivity contribution < 1.29 is 4.79 Å². The number of hydrogen-bond acceptors (Lipinski definition) is 4. The lowest BCUT2D eigenvalue weighted by atomic mass is 10.0. The van der Waals surface area contributed by atoms with Gasteiger partial charge in [0.05, 0.1) is 17.7 Å². The standard InChI is InChI=1S/C16H18N2OS/c1-18(8-15-10-20-11-17-15)9-16(19)14-6-5-12-3-2-4-13(12)7-14/h5-7,10-11H,2-4,8-9H2,1H3. The van der Waals surface area contributed by atoms with Gasteiger partial charge in [0.15, 0.2) is 5.78 Å². The summed E-state index contributed by atoms with van der Waals surface area (Å²) >= 11 is 1.59. The van der Waals surface area contributed by atoms with E-state index in [0.29, 0.717) is 6.54 Å². The number of likely N-dealkylation sites (N-methyl/N-ethyl adjacent to an activating group) is 1. The number of benzene rings is 1. The first-order valence-corrected chi connectivity index (χ1v) is 7.87. The van der Waals surface area contributed by atoms with Crippen molar-refractivity contribution in [3.8, 4) is 0 Å². The van der Waals surface area contributed by atoms with Crippen molar-refractivity contribution in [3.05, 3.63) is 51.5 Å². The van der Waals surface area contributed by atoms with E-state index in [0.717, 1.165) is 30.6 Å². The Morgan fingerprint density at radius 2 is 2.20 bits per heavy atom. The summed E-state index contributed by atoms with van der Waals surface area (Å²) in [6.07, 6.45) is 3.50. The fourth-order valence-corrected chi connectivity index (χ4v) is 3.28. The van der Waals surface area contributed by atoms with Gasteiger partial charge >= 0.3 is 0 Å². The summed E-state index contributed by atoms with van der Waals surface area (Å²) in [5.41, 5.74) is 6.47. The molecule has 2 aromatic rings. The molecule has 1 aromatic carbocycles. The Balaban J connectivity index is 1.64. The second kappa shape index (κ2) is 5.85. The highest BCUT2D eigenvalue weighted by molar-refractivity contribution is 7.07. The highest BCUT2D eigenvalue weighted by atomic mass is 32.1. The van der Waals surface area contributed by atoms with Crippen LogP contribution >= 0.6 is 11.3 Å². The molecule has 0 bridgehead atoms. The van der Waals surface area contributed by atoms with E-state index in [4.69, 9.17) is 0 Å². The summed E-state index contributed by atoms with van der Waals surface area (Å²) in [6, 6.07) is 6.18. The summed E-state index contributed by atoms with van der Waals surface area (Å²) in [5, 5.41) is 2.02. The van der Waals surface area contributed by atoms with Crippen LogP contribution in [0.3, 0.4) is 0 Å². The predicted octanol–water partition coefficient (Wildman–Crippen LogP) is 2.95. The third-order valence-corrected chi connectivity index (χ3v) is 4.38. The van der Waals surface area contributed by atoms with Crippen molar-refractivity contribution in [3.63, 3.8) is 0 Å². The van der Waals surface area contributed by atoms with E-state index >= 15 is 0 Å². The molecule has 0 spiro atoms. The van der Waals surface area contributed by atoms with Crippen LogP contribution in [-0.4, -0.2) is 29.3 Å². The molecule has 1 aliphatic rings. The van der Waals surface area contributed by atoms with E-state index in [1.54, 1.807) is 11.3 Å². The Morgan fingerprint density at radius 3 is 3.00 bits per heavy atom. The number of fused-ring (bicyclic) bond motifs is 1. The molecule has 0 unspecified atom stereocenters. The number of Topliss-reactive ketones (excluding diaryl/α,β-unsaturated/α-hetero) is 1. The largest absolute Gasteiger partial charge is 0.293 e. The van der Waals surface area contributed by atoms with Gasteiger partial charge in [-0.3, -0.25) is 9.69 Å². The smallest absolute Gasteiger partial charge is 0.176 e. The zero-order valence-electron chi connectivity index (χ0n) is 11.6. The number of ketones is 1. The van der Waals surface area contributed by atoms with Crippen molar-refractivity contribution in [2.45, 2.75) is 25.8 Å². The zero-order valence-corrected chi connectivity index (χ0v) is 12.4. The molecule has 3 nitrogen and oxygen atoms in total. The van der Waals surface area contributed by atoms with Gasteiger partial charge in [-0.15, -0.1) is 11.3 Å². The summed E-state index contributed by atoms with van der Waals surface area (Å²) in [7, 11) is 1.96. The number of hydrogen-bond donors (Lipinski definition) is 0. The number of carbonyl (C=O) groups is 1.